The van der Waals surface area contributed by atoms with Gasteiger partial charge >= 0.3 is 5.97 Å². The third kappa shape index (κ3) is 5.43. The predicted molar refractivity (Wildman–Crippen MR) is 130 cm³/mol. The molecule has 0 aliphatic carbocycles. The van der Waals surface area contributed by atoms with Gasteiger partial charge in [-0.25, -0.2) is 0 Å². The van der Waals surface area contributed by atoms with E-state index in [0.29, 0.717) is 40.4 Å². The molecule has 0 aromatic heterocycles. The summed E-state index contributed by atoms with van der Waals surface area (Å²) in [7, 11) is 2.94. The highest BCUT2D eigenvalue weighted by Gasteiger charge is 2.22. The van der Waals surface area contributed by atoms with E-state index >= 15 is 0 Å². The summed E-state index contributed by atoms with van der Waals surface area (Å²) in [5.74, 6) is -0.205. The molecule has 178 valence electrons. The van der Waals surface area contributed by atoms with Gasteiger partial charge in [-0.3, -0.25) is 4.79 Å². The first-order chi connectivity index (χ1) is 16.2. The Hall–Kier alpha value is -4.13. The van der Waals surface area contributed by atoms with Crippen molar-refractivity contribution in [2.75, 3.05) is 20.8 Å². The molecule has 3 aromatic carbocycles. The van der Waals surface area contributed by atoms with Crippen LogP contribution in [0.5, 0.6) is 28.7 Å². The van der Waals surface area contributed by atoms with Gasteiger partial charge in [-0.2, -0.15) is 0 Å². The van der Waals surface area contributed by atoms with E-state index < -0.39 is 5.97 Å². The van der Waals surface area contributed by atoms with Gasteiger partial charge < -0.3 is 29.5 Å². The van der Waals surface area contributed by atoms with Crippen LogP contribution in [-0.2, 0) is 11.2 Å². The van der Waals surface area contributed by atoms with E-state index in [-0.39, 0.29) is 23.7 Å². The van der Waals surface area contributed by atoms with Crippen molar-refractivity contribution < 1.29 is 34.3 Å². The SMILES string of the molecule is COc1cc(-c2ccc(CC(=O)O)cc2)c(OC)c(O)c1-c1ccc(OCC=C(C)C)c(O)c1. The van der Waals surface area contributed by atoms with E-state index in [9.17, 15) is 15.0 Å². The summed E-state index contributed by atoms with van der Waals surface area (Å²) in [6.07, 6.45) is 1.82. The highest BCUT2D eigenvalue weighted by atomic mass is 16.5. The van der Waals surface area contributed by atoms with E-state index in [0.717, 1.165) is 11.1 Å². The zero-order chi connectivity index (χ0) is 24.8. The number of allylic oxidation sites excluding steroid dienone is 1. The van der Waals surface area contributed by atoms with Gasteiger partial charge in [0.1, 0.15) is 12.4 Å². The minimum Gasteiger partial charge on any atom is -0.504 e. The van der Waals surface area contributed by atoms with Crippen LogP contribution in [0.4, 0.5) is 0 Å². The van der Waals surface area contributed by atoms with Crippen LogP contribution in [0.25, 0.3) is 22.3 Å². The zero-order valence-electron chi connectivity index (χ0n) is 19.6. The smallest absolute Gasteiger partial charge is 0.307 e. The Morgan fingerprint density at radius 1 is 0.912 bits per heavy atom. The number of aliphatic carboxylic acids is 1. The van der Waals surface area contributed by atoms with E-state index in [4.69, 9.17) is 19.3 Å². The molecule has 0 radical (unpaired) electrons. The Morgan fingerprint density at radius 3 is 2.15 bits per heavy atom. The summed E-state index contributed by atoms with van der Waals surface area (Å²) in [6, 6.07) is 13.5. The number of phenolic OH excluding ortho intramolecular Hbond substituents is 2. The Kier molecular flexibility index (Phi) is 7.68. The highest BCUT2D eigenvalue weighted by Crippen LogP contribution is 2.50. The normalized spacial score (nSPS) is 10.5. The molecule has 7 heteroatoms. The molecule has 0 atom stereocenters. The van der Waals surface area contributed by atoms with Gasteiger partial charge in [0.15, 0.2) is 23.0 Å². The number of ether oxygens (including phenoxy) is 3. The fourth-order valence-corrected chi connectivity index (χ4v) is 3.56. The van der Waals surface area contributed by atoms with Crippen molar-refractivity contribution in [2.45, 2.75) is 20.3 Å². The number of carbonyl (C=O) groups is 1. The number of hydrogen-bond donors (Lipinski definition) is 3. The number of hydrogen-bond acceptors (Lipinski definition) is 6. The van der Waals surface area contributed by atoms with Crippen LogP contribution in [0.15, 0.2) is 60.2 Å². The zero-order valence-corrected chi connectivity index (χ0v) is 19.6. The summed E-state index contributed by atoms with van der Waals surface area (Å²) in [5, 5.41) is 30.6. The first-order valence-electron chi connectivity index (χ1n) is 10.6. The quantitative estimate of drug-likeness (QED) is 0.363. The van der Waals surface area contributed by atoms with Crippen LogP contribution in [-0.4, -0.2) is 42.1 Å². The standard InChI is InChI=1S/C27H28O7/c1-16(2)11-12-34-22-10-9-19(14-21(22)28)25-23(32-3)15-20(27(33-4)26(25)31)18-7-5-17(6-8-18)13-24(29)30/h5-11,14-15,28,31H,12-13H2,1-4H3,(H,29,30). The molecule has 0 saturated heterocycles. The summed E-state index contributed by atoms with van der Waals surface area (Å²) in [5.41, 5.74) is 3.94. The molecule has 3 N–H and O–H groups in total. The fraction of sp³-hybridized carbons (Fsp3) is 0.222. The van der Waals surface area contributed by atoms with Crippen molar-refractivity contribution in [3.63, 3.8) is 0 Å². The Morgan fingerprint density at radius 2 is 1.59 bits per heavy atom. The molecule has 0 aliphatic rings. The van der Waals surface area contributed by atoms with Crippen molar-refractivity contribution in [1.82, 2.24) is 0 Å². The Bertz CT molecular complexity index is 1210. The number of methoxy groups -OCH3 is 2. The van der Waals surface area contributed by atoms with E-state index in [2.05, 4.69) is 0 Å². The van der Waals surface area contributed by atoms with Crippen molar-refractivity contribution in [2.24, 2.45) is 0 Å². The van der Waals surface area contributed by atoms with Crippen LogP contribution in [0.3, 0.4) is 0 Å². The second-order valence-electron chi connectivity index (χ2n) is 7.93. The molecule has 0 amide bonds. The van der Waals surface area contributed by atoms with Gasteiger partial charge in [0.25, 0.3) is 0 Å². The van der Waals surface area contributed by atoms with Crippen LogP contribution >= 0.6 is 0 Å². The van der Waals surface area contributed by atoms with E-state index in [1.165, 1.54) is 20.3 Å². The largest absolute Gasteiger partial charge is 0.504 e. The third-order valence-electron chi connectivity index (χ3n) is 5.24. The van der Waals surface area contributed by atoms with Crippen LogP contribution in [0.1, 0.15) is 19.4 Å². The average Bonchev–Trinajstić information content (AvgIpc) is 2.79. The summed E-state index contributed by atoms with van der Waals surface area (Å²) >= 11 is 0. The minimum absolute atomic E-state index is 0.0711. The molecule has 0 saturated carbocycles. The number of aromatic hydroxyl groups is 2. The second-order valence-corrected chi connectivity index (χ2v) is 7.93. The van der Waals surface area contributed by atoms with Crippen LogP contribution < -0.4 is 14.2 Å². The molecule has 3 rings (SSSR count). The number of carboxylic acid groups (broad SMARTS) is 1. The number of benzene rings is 3. The highest BCUT2D eigenvalue weighted by molar-refractivity contribution is 5.88. The average molecular weight is 465 g/mol. The van der Waals surface area contributed by atoms with E-state index in [1.54, 1.807) is 42.5 Å². The lowest BCUT2D eigenvalue weighted by molar-refractivity contribution is -0.136. The van der Waals surface area contributed by atoms with Gasteiger partial charge in [0.05, 0.1) is 26.2 Å². The topological polar surface area (TPSA) is 105 Å². The molecule has 0 spiro atoms. The summed E-state index contributed by atoms with van der Waals surface area (Å²) in [4.78, 5) is 11.0. The van der Waals surface area contributed by atoms with Crippen molar-refractivity contribution in [1.29, 1.82) is 0 Å². The maximum Gasteiger partial charge on any atom is 0.307 e. The van der Waals surface area contributed by atoms with Gasteiger partial charge in [0, 0.05) is 5.56 Å². The van der Waals surface area contributed by atoms with E-state index in [1.807, 2.05) is 19.9 Å². The molecule has 3 aromatic rings. The second kappa shape index (κ2) is 10.7. The molecule has 0 aliphatic heterocycles. The summed E-state index contributed by atoms with van der Waals surface area (Å²) in [6.45, 7) is 4.25. The monoisotopic (exact) mass is 464 g/mol. The van der Waals surface area contributed by atoms with Crippen LogP contribution in [0, 0.1) is 0 Å². The third-order valence-corrected chi connectivity index (χ3v) is 5.24. The number of rotatable bonds is 9. The van der Waals surface area contributed by atoms with Gasteiger partial charge in [-0.05, 0) is 54.8 Å². The Balaban J connectivity index is 2.04. The first kappa shape index (κ1) is 24.5. The van der Waals surface area contributed by atoms with Gasteiger partial charge in [-0.1, -0.05) is 35.9 Å². The predicted octanol–water partition coefficient (Wildman–Crippen LogP) is 5.42. The lowest BCUT2D eigenvalue weighted by Gasteiger charge is -2.18. The minimum atomic E-state index is -0.911. The molecule has 7 nitrogen and oxygen atoms in total. The lowest BCUT2D eigenvalue weighted by Crippen LogP contribution is -2.00. The first-order valence-corrected chi connectivity index (χ1v) is 10.6. The molecule has 0 unspecified atom stereocenters. The van der Waals surface area contributed by atoms with Crippen molar-refractivity contribution in [3.8, 4) is 51.0 Å². The number of carboxylic acids is 1. The van der Waals surface area contributed by atoms with Gasteiger partial charge in [-0.15, -0.1) is 0 Å². The Labute approximate surface area is 198 Å². The van der Waals surface area contributed by atoms with Gasteiger partial charge in [0.2, 0.25) is 0 Å². The molecule has 0 fully saturated rings. The van der Waals surface area contributed by atoms with Crippen LogP contribution in [0.2, 0.25) is 0 Å². The van der Waals surface area contributed by atoms with Crippen molar-refractivity contribution in [3.05, 3.63) is 65.7 Å². The molecular formula is C27H28O7. The number of phenols is 2. The summed E-state index contributed by atoms with van der Waals surface area (Å²) < 4.78 is 16.7. The molecule has 0 heterocycles. The fourth-order valence-electron chi connectivity index (χ4n) is 3.56. The molecule has 34 heavy (non-hydrogen) atoms. The molecular weight excluding hydrogens is 436 g/mol. The molecule has 0 bridgehead atoms. The van der Waals surface area contributed by atoms with Crippen molar-refractivity contribution >= 4 is 5.97 Å². The maximum atomic E-state index is 11.1. The lowest BCUT2D eigenvalue weighted by atomic mass is 9.95. The maximum absolute atomic E-state index is 11.1.